The van der Waals surface area contributed by atoms with E-state index in [1.54, 1.807) is 0 Å². The van der Waals surface area contributed by atoms with E-state index in [1.807, 2.05) is 0 Å². The Labute approximate surface area is 157 Å². The first-order valence-corrected chi connectivity index (χ1v) is 11.3. The van der Waals surface area contributed by atoms with Gasteiger partial charge in [0.25, 0.3) is 0 Å². The van der Waals surface area contributed by atoms with Crippen molar-refractivity contribution in [3.8, 4) is 0 Å². The molecule has 0 unspecified atom stereocenters. The van der Waals surface area contributed by atoms with Crippen molar-refractivity contribution in [3.63, 3.8) is 0 Å². The third-order valence-corrected chi connectivity index (χ3v) is 10.0. The fourth-order valence-electron chi connectivity index (χ4n) is 3.88. The maximum atomic E-state index is 2.31. The van der Waals surface area contributed by atoms with E-state index < -0.39 is 7.14 Å². The molecular weight excluding hydrogens is 330 g/mol. The molecule has 0 radical (unpaired) electrons. The van der Waals surface area contributed by atoms with Crippen LogP contribution in [0.4, 0.5) is 0 Å². The molecule has 0 saturated carbocycles. The molecule has 0 atom stereocenters. The van der Waals surface area contributed by atoms with E-state index in [1.165, 1.54) is 21.4 Å². The van der Waals surface area contributed by atoms with Crippen molar-refractivity contribution in [2.24, 2.45) is 0 Å². The second-order valence-electron chi connectivity index (χ2n) is 6.67. The Morgan fingerprint density at radius 1 is 0.385 bits per heavy atom. The molecule has 2 heteroatoms. The summed E-state index contributed by atoms with van der Waals surface area (Å²) in [6, 6.07) is 44.2. The van der Waals surface area contributed by atoms with Crippen molar-refractivity contribution in [2.45, 2.75) is 0 Å². The first-order valence-electron chi connectivity index (χ1n) is 9.10. The molecule has 4 rings (SSSR count). The summed E-state index contributed by atoms with van der Waals surface area (Å²) < 4.78 is 0. The van der Waals surface area contributed by atoms with E-state index >= 15 is 0 Å². The van der Waals surface area contributed by atoms with Gasteiger partial charge in [-0.25, -0.2) is 0 Å². The summed E-state index contributed by atoms with van der Waals surface area (Å²) >= 11 is 0. The Morgan fingerprint density at radius 2 is 0.692 bits per heavy atom. The predicted octanol–water partition coefficient (Wildman–Crippen LogP) is 3.39. The Morgan fingerprint density at radius 3 is 1.04 bits per heavy atom. The minimum atomic E-state index is -2.16. The van der Waals surface area contributed by atoms with E-state index in [4.69, 9.17) is 0 Å². The molecule has 0 amide bonds. The Bertz CT molecular complexity index is 842. The molecule has 0 aromatic heterocycles. The number of benzene rings is 4. The Balaban J connectivity index is 2.00. The molecule has 0 fully saturated rings. The average Bonchev–Trinajstić information content (AvgIpc) is 2.75. The van der Waals surface area contributed by atoms with Crippen LogP contribution in [0.5, 0.6) is 0 Å². The van der Waals surface area contributed by atoms with Gasteiger partial charge < -0.3 is 0 Å². The number of hydrogen-bond acceptors (Lipinski definition) is 0. The molecule has 126 valence electrons. The van der Waals surface area contributed by atoms with Crippen LogP contribution in [0, 0.1) is 0 Å². The van der Waals surface area contributed by atoms with Crippen LogP contribution in [0.25, 0.3) is 0 Å². The summed E-state index contributed by atoms with van der Waals surface area (Å²) in [5.74, 6) is 0. The molecule has 26 heavy (non-hydrogen) atoms. The van der Waals surface area contributed by atoms with Crippen molar-refractivity contribution in [1.29, 1.82) is 0 Å². The van der Waals surface area contributed by atoms with Crippen LogP contribution < -0.4 is 21.4 Å². The van der Waals surface area contributed by atoms with Crippen molar-refractivity contribution in [1.82, 2.24) is 0 Å². The molecule has 0 aliphatic rings. The predicted molar refractivity (Wildman–Crippen MR) is 120 cm³/mol. The summed E-state index contributed by atoms with van der Waals surface area (Å²) in [6.45, 7) is 1.06. The van der Waals surface area contributed by atoms with Gasteiger partial charge in [0.1, 0.15) is 0 Å². The number of hydrogen-bond donors (Lipinski definition) is 0. The van der Waals surface area contributed by atoms with Gasteiger partial charge in [0.05, 0.1) is 0 Å². The summed E-state index contributed by atoms with van der Waals surface area (Å²) in [5.41, 5.74) is 1.40. The Kier molecular flexibility index (Phi) is 5.00. The quantitative estimate of drug-likeness (QED) is 0.382. The van der Waals surface area contributed by atoms with Crippen LogP contribution in [0.15, 0.2) is 121 Å². The van der Waals surface area contributed by atoms with E-state index in [-0.39, 0.29) is 0 Å². The number of rotatable bonds is 5. The van der Waals surface area contributed by atoms with E-state index in [0.717, 1.165) is 7.00 Å². The molecule has 0 aliphatic carbocycles. The summed E-state index contributed by atoms with van der Waals surface area (Å²) in [6.07, 6.45) is 0. The molecular formula is C24H22BP. The molecule has 0 nitrogen and oxygen atoms in total. The zero-order valence-electron chi connectivity index (χ0n) is 14.8. The summed E-state index contributed by atoms with van der Waals surface area (Å²) in [5, 5.41) is 4.38. The zero-order valence-corrected chi connectivity index (χ0v) is 15.8. The summed E-state index contributed by atoms with van der Waals surface area (Å²) in [7, 11) is -2.16. The van der Waals surface area contributed by atoms with Gasteiger partial charge in [-0.15, -0.1) is 0 Å². The van der Waals surface area contributed by atoms with Gasteiger partial charge in [-0.3, -0.25) is 0 Å². The second kappa shape index (κ2) is 7.73. The van der Waals surface area contributed by atoms with Crippen LogP contribution in [0.2, 0.25) is 0 Å². The van der Waals surface area contributed by atoms with E-state index in [2.05, 4.69) is 121 Å². The van der Waals surface area contributed by atoms with Crippen molar-refractivity contribution in [2.75, 3.05) is 0 Å². The first kappa shape index (κ1) is 16.8. The fraction of sp³-hybridized carbons (Fsp3) is 0. The molecule has 0 aliphatic heterocycles. The van der Waals surface area contributed by atoms with Gasteiger partial charge in [-0.05, 0) is 0 Å². The van der Waals surface area contributed by atoms with E-state index in [0.29, 0.717) is 0 Å². The molecule has 0 N–H and O–H groups in total. The van der Waals surface area contributed by atoms with Crippen molar-refractivity contribution >= 4 is 35.5 Å². The van der Waals surface area contributed by atoms with E-state index in [9.17, 15) is 0 Å². The molecule has 0 heterocycles. The molecule has 0 saturated heterocycles. The summed E-state index contributed by atoms with van der Waals surface area (Å²) in [4.78, 5) is 0. The SMILES string of the molecule is B(c1ccccc1)[PH](c1ccccc1)(c1ccccc1)c1ccccc1. The van der Waals surface area contributed by atoms with Gasteiger partial charge in [-0.2, -0.15) is 0 Å². The zero-order chi connectivity index (χ0) is 17.7. The molecule has 4 aromatic carbocycles. The van der Waals surface area contributed by atoms with Gasteiger partial charge in [0, 0.05) is 0 Å². The topological polar surface area (TPSA) is 0 Å². The van der Waals surface area contributed by atoms with Gasteiger partial charge >= 0.3 is 157 Å². The monoisotopic (exact) mass is 352 g/mol. The normalized spacial score (nSPS) is 11.7. The van der Waals surface area contributed by atoms with Crippen molar-refractivity contribution < 1.29 is 0 Å². The fourth-order valence-corrected chi connectivity index (χ4v) is 8.62. The molecule has 4 aromatic rings. The van der Waals surface area contributed by atoms with Crippen LogP contribution in [0.1, 0.15) is 0 Å². The van der Waals surface area contributed by atoms with Gasteiger partial charge in [0.15, 0.2) is 0 Å². The molecule has 0 spiro atoms. The first-order chi connectivity index (χ1) is 12.9. The van der Waals surface area contributed by atoms with Crippen LogP contribution in [-0.4, -0.2) is 7.00 Å². The average molecular weight is 352 g/mol. The second-order valence-corrected chi connectivity index (χ2v) is 10.6. The minimum absolute atomic E-state index is 1.06. The third-order valence-electron chi connectivity index (χ3n) is 5.11. The van der Waals surface area contributed by atoms with Gasteiger partial charge in [0.2, 0.25) is 0 Å². The van der Waals surface area contributed by atoms with Crippen LogP contribution in [0.3, 0.4) is 0 Å². The van der Waals surface area contributed by atoms with Gasteiger partial charge in [-0.1, -0.05) is 0 Å². The Hall–Kier alpha value is -2.63. The van der Waals surface area contributed by atoms with Crippen LogP contribution in [-0.2, 0) is 0 Å². The van der Waals surface area contributed by atoms with Crippen LogP contribution >= 0.6 is 7.14 Å². The third kappa shape index (κ3) is 3.23. The maximum absolute atomic E-state index is 2.31. The standard InChI is InChI=1S/C24H22BP/c1-5-13-21(14-6-1)25-26(22-15-7-2-8-16-22,23-17-9-3-10-18-23)24-19-11-4-12-20-24/h1-20,25-26H. The molecule has 0 bridgehead atoms. The van der Waals surface area contributed by atoms with Crippen molar-refractivity contribution in [3.05, 3.63) is 121 Å².